The molecule has 0 saturated carbocycles. The molecule has 1 aromatic rings. The minimum atomic E-state index is 0.684. The molecule has 1 atom stereocenters. The molecule has 1 aromatic heterocycles. The molecule has 102 valence electrons. The SMILES string of the molecule is CNCc1cnc(CC2CCCN(C(C)C)C2)s1. The summed E-state index contributed by atoms with van der Waals surface area (Å²) in [6.07, 6.45) is 5.90. The predicted octanol–water partition coefficient (Wildman–Crippen LogP) is 2.53. The molecule has 4 heteroatoms. The van der Waals surface area contributed by atoms with Crippen LogP contribution in [0.1, 0.15) is 36.6 Å². The second kappa shape index (κ2) is 6.64. The van der Waals surface area contributed by atoms with Crippen molar-refractivity contribution in [2.45, 2.75) is 45.7 Å². The average molecular weight is 267 g/mol. The third-order valence-electron chi connectivity index (χ3n) is 3.70. The lowest BCUT2D eigenvalue weighted by Crippen LogP contribution is -2.40. The molecule has 2 rings (SSSR count). The third-order valence-corrected chi connectivity index (χ3v) is 4.72. The number of rotatable bonds is 5. The van der Waals surface area contributed by atoms with Crippen LogP contribution in [0.2, 0.25) is 0 Å². The van der Waals surface area contributed by atoms with Gasteiger partial charge < -0.3 is 10.2 Å². The maximum absolute atomic E-state index is 4.56. The number of hydrogen-bond acceptors (Lipinski definition) is 4. The fourth-order valence-electron chi connectivity index (χ4n) is 2.68. The van der Waals surface area contributed by atoms with Crippen molar-refractivity contribution in [1.29, 1.82) is 0 Å². The van der Waals surface area contributed by atoms with Crippen LogP contribution in [0.15, 0.2) is 6.20 Å². The van der Waals surface area contributed by atoms with Gasteiger partial charge in [0.25, 0.3) is 0 Å². The molecule has 3 nitrogen and oxygen atoms in total. The zero-order valence-electron chi connectivity index (χ0n) is 11.8. The van der Waals surface area contributed by atoms with Crippen molar-refractivity contribution < 1.29 is 0 Å². The van der Waals surface area contributed by atoms with E-state index in [0.717, 1.165) is 18.9 Å². The summed E-state index contributed by atoms with van der Waals surface area (Å²) in [5.74, 6) is 0.801. The first-order valence-electron chi connectivity index (χ1n) is 7.01. The van der Waals surface area contributed by atoms with Gasteiger partial charge in [-0.15, -0.1) is 11.3 Å². The molecule has 2 heterocycles. The fourth-order valence-corrected chi connectivity index (χ4v) is 3.73. The molecule has 0 amide bonds. The molecular formula is C14H25N3S. The molecule has 0 radical (unpaired) electrons. The molecule has 0 aromatic carbocycles. The molecule has 0 aliphatic carbocycles. The second-order valence-electron chi connectivity index (χ2n) is 5.55. The summed E-state index contributed by atoms with van der Waals surface area (Å²) >= 11 is 1.87. The quantitative estimate of drug-likeness (QED) is 0.888. The second-order valence-corrected chi connectivity index (χ2v) is 6.75. The van der Waals surface area contributed by atoms with Crippen molar-refractivity contribution >= 4 is 11.3 Å². The van der Waals surface area contributed by atoms with Crippen LogP contribution in [0.4, 0.5) is 0 Å². The number of aromatic nitrogens is 1. The molecule has 0 bridgehead atoms. The standard InChI is InChI=1S/C14H25N3S/c1-11(2)17-6-4-5-12(10-17)7-14-16-9-13(18-14)8-15-3/h9,11-12,15H,4-8,10H2,1-3H3. The number of nitrogens with zero attached hydrogens (tertiary/aromatic N) is 2. The van der Waals surface area contributed by atoms with Crippen molar-refractivity contribution in [3.05, 3.63) is 16.1 Å². The van der Waals surface area contributed by atoms with Gasteiger partial charge in [0, 0.05) is 36.6 Å². The Morgan fingerprint density at radius 3 is 3.11 bits per heavy atom. The first-order chi connectivity index (χ1) is 8.69. The summed E-state index contributed by atoms with van der Waals surface area (Å²) in [6.45, 7) is 8.07. The van der Waals surface area contributed by atoms with E-state index in [9.17, 15) is 0 Å². The average Bonchev–Trinajstić information content (AvgIpc) is 2.77. The van der Waals surface area contributed by atoms with E-state index in [2.05, 4.69) is 29.0 Å². The predicted molar refractivity (Wildman–Crippen MR) is 78.0 cm³/mol. The van der Waals surface area contributed by atoms with Gasteiger partial charge in [0.15, 0.2) is 0 Å². The number of nitrogens with one attached hydrogen (secondary N) is 1. The first kappa shape index (κ1) is 14.0. The maximum Gasteiger partial charge on any atom is 0.0931 e. The van der Waals surface area contributed by atoms with Crippen molar-refractivity contribution in [1.82, 2.24) is 15.2 Å². The summed E-state index contributed by atoms with van der Waals surface area (Å²) in [5.41, 5.74) is 0. The van der Waals surface area contributed by atoms with E-state index in [1.165, 1.54) is 35.8 Å². The molecule has 0 spiro atoms. The summed E-state index contributed by atoms with van der Waals surface area (Å²) in [4.78, 5) is 8.52. The Morgan fingerprint density at radius 1 is 1.56 bits per heavy atom. The lowest BCUT2D eigenvalue weighted by Gasteiger charge is -2.35. The molecule has 1 unspecified atom stereocenters. The smallest absolute Gasteiger partial charge is 0.0931 e. The highest BCUT2D eigenvalue weighted by atomic mass is 32.1. The third kappa shape index (κ3) is 3.77. The molecule has 1 saturated heterocycles. The molecule has 1 aliphatic heterocycles. The van der Waals surface area contributed by atoms with Gasteiger partial charge in [-0.05, 0) is 46.2 Å². The normalized spacial score (nSPS) is 21.7. The summed E-state index contributed by atoms with van der Waals surface area (Å²) < 4.78 is 0. The van der Waals surface area contributed by atoms with Crippen LogP contribution < -0.4 is 5.32 Å². The van der Waals surface area contributed by atoms with Crippen LogP contribution in [0.5, 0.6) is 0 Å². The van der Waals surface area contributed by atoms with Gasteiger partial charge in [-0.1, -0.05) is 0 Å². The van der Waals surface area contributed by atoms with E-state index in [1.807, 2.05) is 24.6 Å². The van der Waals surface area contributed by atoms with E-state index in [-0.39, 0.29) is 0 Å². The first-order valence-corrected chi connectivity index (χ1v) is 7.83. The highest BCUT2D eigenvalue weighted by Crippen LogP contribution is 2.24. The van der Waals surface area contributed by atoms with Crippen LogP contribution in [0, 0.1) is 5.92 Å². The van der Waals surface area contributed by atoms with Crippen molar-refractivity contribution in [2.24, 2.45) is 5.92 Å². The van der Waals surface area contributed by atoms with Crippen LogP contribution in [-0.2, 0) is 13.0 Å². The number of piperidine rings is 1. The van der Waals surface area contributed by atoms with Gasteiger partial charge in [-0.2, -0.15) is 0 Å². The van der Waals surface area contributed by atoms with Gasteiger partial charge in [0.2, 0.25) is 0 Å². The fraction of sp³-hybridized carbons (Fsp3) is 0.786. The Bertz CT molecular complexity index is 362. The lowest BCUT2D eigenvalue weighted by molar-refractivity contribution is 0.139. The van der Waals surface area contributed by atoms with Gasteiger partial charge in [-0.25, -0.2) is 4.98 Å². The lowest BCUT2D eigenvalue weighted by atomic mass is 9.94. The minimum absolute atomic E-state index is 0.684. The summed E-state index contributed by atoms with van der Waals surface area (Å²) in [6, 6.07) is 0.684. The van der Waals surface area contributed by atoms with Gasteiger partial charge in [0.1, 0.15) is 0 Å². The zero-order valence-corrected chi connectivity index (χ0v) is 12.6. The monoisotopic (exact) mass is 267 g/mol. The Balaban J connectivity index is 1.87. The topological polar surface area (TPSA) is 28.2 Å². The summed E-state index contributed by atoms with van der Waals surface area (Å²) in [5, 5.41) is 4.50. The minimum Gasteiger partial charge on any atom is -0.315 e. The van der Waals surface area contributed by atoms with Gasteiger partial charge >= 0.3 is 0 Å². The maximum atomic E-state index is 4.56. The van der Waals surface area contributed by atoms with Gasteiger partial charge in [0.05, 0.1) is 5.01 Å². The molecule has 18 heavy (non-hydrogen) atoms. The van der Waals surface area contributed by atoms with Gasteiger partial charge in [-0.3, -0.25) is 0 Å². The van der Waals surface area contributed by atoms with Crippen LogP contribution in [0.25, 0.3) is 0 Å². The highest BCUT2D eigenvalue weighted by Gasteiger charge is 2.22. The van der Waals surface area contributed by atoms with Crippen molar-refractivity contribution in [3.8, 4) is 0 Å². The van der Waals surface area contributed by atoms with E-state index in [0.29, 0.717) is 6.04 Å². The van der Waals surface area contributed by atoms with Crippen molar-refractivity contribution in [2.75, 3.05) is 20.1 Å². The van der Waals surface area contributed by atoms with Crippen LogP contribution in [-0.4, -0.2) is 36.1 Å². The number of likely N-dealkylation sites (tertiary alicyclic amines) is 1. The largest absolute Gasteiger partial charge is 0.315 e. The Hall–Kier alpha value is -0.450. The number of hydrogen-bond donors (Lipinski definition) is 1. The molecule has 1 aliphatic rings. The zero-order chi connectivity index (χ0) is 13.0. The molecular weight excluding hydrogens is 242 g/mol. The molecule has 1 N–H and O–H groups in total. The Morgan fingerprint density at radius 2 is 2.39 bits per heavy atom. The van der Waals surface area contributed by atoms with E-state index >= 15 is 0 Å². The summed E-state index contributed by atoms with van der Waals surface area (Å²) in [7, 11) is 1.99. The highest BCUT2D eigenvalue weighted by molar-refractivity contribution is 7.11. The van der Waals surface area contributed by atoms with E-state index in [4.69, 9.17) is 0 Å². The van der Waals surface area contributed by atoms with E-state index < -0.39 is 0 Å². The Labute approximate surface area is 115 Å². The Kier molecular flexibility index (Phi) is 5.15. The van der Waals surface area contributed by atoms with Crippen molar-refractivity contribution in [3.63, 3.8) is 0 Å². The number of thiazole rings is 1. The van der Waals surface area contributed by atoms with E-state index in [1.54, 1.807) is 0 Å². The molecule has 1 fully saturated rings. The van der Waals surface area contributed by atoms with Crippen LogP contribution >= 0.6 is 11.3 Å². The van der Waals surface area contributed by atoms with Crippen LogP contribution in [0.3, 0.4) is 0 Å².